The van der Waals surface area contributed by atoms with Crippen LogP contribution in [0.15, 0.2) is 145 Å². The molecule has 0 saturated carbocycles. The van der Waals surface area contributed by atoms with E-state index in [0.29, 0.717) is 17.8 Å². The van der Waals surface area contributed by atoms with Crippen LogP contribution in [0, 0.1) is 17.8 Å². The van der Waals surface area contributed by atoms with Gasteiger partial charge >= 0.3 is 0 Å². The predicted molar refractivity (Wildman–Crippen MR) is 197 cm³/mol. The molecule has 0 N–H and O–H groups in total. The van der Waals surface area contributed by atoms with Crippen molar-refractivity contribution in [2.24, 2.45) is 17.8 Å². The Kier molecular flexibility index (Phi) is 6.71. The van der Waals surface area contributed by atoms with Gasteiger partial charge in [0.15, 0.2) is 0 Å². The fourth-order valence-electron chi connectivity index (χ4n) is 8.25. The van der Waals surface area contributed by atoms with Crippen LogP contribution in [0.2, 0.25) is 0 Å². The van der Waals surface area contributed by atoms with Gasteiger partial charge in [0.25, 0.3) is 0 Å². The monoisotopic (exact) mass is 606 g/mol. The molecule has 1 heterocycles. The SMILES string of the molecule is CC1C=CC=C(c2nc3ccccc3n2-c2ccc(C3=c4ccccc4=C(c4ccc5ccccc5c4)C4CC(C)CC=C34)cc2)C1. The topological polar surface area (TPSA) is 17.8 Å². The van der Waals surface area contributed by atoms with Crippen molar-refractivity contribution in [3.8, 4) is 5.69 Å². The lowest BCUT2D eigenvalue weighted by atomic mass is 9.69. The number of para-hydroxylation sites is 2. The third kappa shape index (κ3) is 4.74. The van der Waals surface area contributed by atoms with Crippen LogP contribution in [0.5, 0.6) is 0 Å². The van der Waals surface area contributed by atoms with Gasteiger partial charge in [-0.3, -0.25) is 4.57 Å². The van der Waals surface area contributed by atoms with E-state index in [1.165, 1.54) is 54.6 Å². The van der Waals surface area contributed by atoms with E-state index >= 15 is 0 Å². The molecular weight excluding hydrogens is 569 g/mol. The maximum atomic E-state index is 5.15. The number of nitrogens with zero attached hydrogens (tertiary/aromatic N) is 2. The van der Waals surface area contributed by atoms with Crippen LogP contribution >= 0.6 is 0 Å². The molecule has 0 spiro atoms. The number of aromatic nitrogens is 2. The van der Waals surface area contributed by atoms with Crippen molar-refractivity contribution in [2.45, 2.75) is 33.1 Å². The second-order valence-electron chi connectivity index (χ2n) is 13.7. The maximum absolute atomic E-state index is 5.15. The molecule has 0 aliphatic heterocycles. The Hall–Kier alpha value is -5.21. The molecule has 2 nitrogen and oxygen atoms in total. The molecule has 3 atom stereocenters. The first-order valence-electron chi connectivity index (χ1n) is 17.1. The van der Waals surface area contributed by atoms with Gasteiger partial charge in [0.2, 0.25) is 0 Å². The highest BCUT2D eigenvalue weighted by atomic mass is 15.1. The Balaban J connectivity index is 1.24. The van der Waals surface area contributed by atoms with E-state index in [2.05, 4.69) is 158 Å². The molecule has 9 rings (SSSR count). The van der Waals surface area contributed by atoms with Crippen molar-refractivity contribution in [1.29, 1.82) is 0 Å². The summed E-state index contributed by atoms with van der Waals surface area (Å²) in [4.78, 5) is 5.15. The van der Waals surface area contributed by atoms with E-state index in [9.17, 15) is 0 Å². The van der Waals surface area contributed by atoms with Crippen LogP contribution < -0.4 is 10.4 Å². The summed E-state index contributed by atoms with van der Waals surface area (Å²) in [5.74, 6) is 2.56. The summed E-state index contributed by atoms with van der Waals surface area (Å²) in [6.07, 6.45) is 12.5. The van der Waals surface area contributed by atoms with Gasteiger partial charge in [0, 0.05) is 11.6 Å². The number of imidazole rings is 1. The predicted octanol–water partition coefficient (Wildman–Crippen LogP) is 9.54. The highest BCUT2D eigenvalue weighted by Gasteiger charge is 2.32. The standard InChI is InChI=1S/C45H38N2/c1-29-10-9-13-35(26-29)45-46-41-16-7-8-17-42(41)47(45)36-23-21-32(22-24-36)43-37-14-5-6-15-38(37)44(40-27-30(2)18-25-39(40)43)34-20-19-31-11-3-4-12-33(31)28-34/h3-17,19-25,28-30,40H,18,26-27H2,1-2H3. The first-order chi connectivity index (χ1) is 23.1. The van der Waals surface area contributed by atoms with Gasteiger partial charge in [-0.25, -0.2) is 4.98 Å². The fraction of sp³-hybridized carbons (Fsp3) is 0.178. The number of benzene rings is 5. The van der Waals surface area contributed by atoms with Crippen LogP contribution in [0.25, 0.3) is 44.2 Å². The zero-order valence-corrected chi connectivity index (χ0v) is 27.0. The molecule has 0 fully saturated rings. The summed E-state index contributed by atoms with van der Waals surface area (Å²) in [6, 6.07) is 42.7. The van der Waals surface area contributed by atoms with Gasteiger partial charge < -0.3 is 0 Å². The molecule has 0 bridgehead atoms. The minimum Gasteiger partial charge on any atom is -0.293 e. The lowest BCUT2D eigenvalue weighted by Crippen LogP contribution is -2.38. The van der Waals surface area contributed by atoms with Gasteiger partial charge in [0.05, 0.1) is 11.0 Å². The van der Waals surface area contributed by atoms with Gasteiger partial charge in [-0.05, 0) is 116 Å². The van der Waals surface area contributed by atoms with Crippen molar-refractivity contribution in [1.82, 2.24) is 9.55 Å². The van der Waals surface area contributed by atoms with Gasteiger partial charge in [-0.15, -0.1) is 0 Å². The van der Waals surface area contributed by atoms with Crippen molar-refractivity contribution < 1.29 is 0 Å². The average molecular weight is 607 g/mol. The number of rotatable bonds is 4. The maximum Gasteiger partial charge on any atom is 0.141 e. The molecule has 3 aliphatic carbocycles. The summed E-state index contributed by atoms with van der Waals surface area (Å²) >= 11 is 0. The van der Waals surface area contributed by atoms with Crippen LogP contribution in [-0.2, 0) is 0 Å². The number of fused-ring (bicyclic) bond motifs is 4. The molecule has 6 aromatic rings. The Bertz CT molecular complexity index is 2410. The fourth-order valence-corrected chi connectivity index (χ4v) is 8.25. The Morgan fingerprint density at radius 1 is 0.723 bits per heavy atom. The van der Waals surface area contributed by atoms with E-state index < -0.39 is 0 Å². The Morgan fingerprint density at radius 3 is 2.32 bits per heavy atom. The third-order valence-electron chi connectivity index (χ3n) is 10.5. The highest BCUT2D eigenvalue weighted by Crippen LogP contribution is 2.44. The van der Waals surface area contributed by atoms with Gasteiger partial charge in [-0.1, -0.05) is 123 Å². The largest absolute Gasteiger partial charge is 0.293 e. The molecule has 0 saturated heterocycles. The molecular formula is C45H38N2. The molecule has 0 amide bonds. The summed E-state index contributed by atoms with van der Waals surface area (Å²) in [5.41, 5.74) is 11.6. The van der Waals surface area contributed by atoms with Crippen LogP contribution in [-0.4, -0.2) is 9.55 Å². The van der Waals surface area contributed by atoms with E-state index in [0.717, 1.165) is 41.8 Å². The van der Waals surface area contributed by atoms with Crippen molar-refractivity contribution >= 4 is 38.5 Å². The molecule has 3 aliphatic rings. The summed E-state index contributed by atoms with van der Waals surface area (Å²) in [7, 11) is 0. The Morgan fingerprint density at radius 2 is 1.47 bits per heavy atom. The minimum absolute atomic E-state index is 0.363. The lowest BCUT2D eigenvalue weighted by molar-refractivity contribution is 0.469. The second-order valence-corrected chi connectivity index (χ2v) is 13.7. The molecule has 228 valence electrons. The number of hydrogen-bond donors (Lipinski definition) is 0. The second kappa shape index (κ2) is 11.2. The quantitative estimate of drug-likeness (QED) is 0.195. The summed E-state index contributed by atoms with van der Waals surface area (Å²) < 4.78 is 2.35. The summed E-state index contributed by atoms with van der Waals surface area (Å²) in [6.45, 7) is 4.69. The van der Waals surface area contributed by atoms with E-state index in [1.54, 1.807) is 0 Å². The first-order valence-corrected chi connectivity index (χ1v) is 17.1. The molecule has 1 aromatic heterocycles. The van der Waals surface area contributed by atoms with Gasteiger partial charge in [-0.2, -0.15) is 0 Å². The minimum atomic E-state index is 0.363. The first kappa shape index (κ1) is 28.0. The average Bonchev–Trinajstić information content (AvgIpc) is 3.50. The molecule has 0 radical (unpaired) electrons. The molecule has 47 heavy (non-hydrogen) atoms. The van der Waals surface area contributed by atoms with E-state index in [4.69, 9.17) is 4.98 Å². The molecule has 3 unspecified atom stereocenters. The van der Waals surface area contributed by atoms with Crippen molar-refractivity contribution in [2.75, 3.05) is 0 Å². The molecule has 5 aromatic carbocycles. The number of allylic oxidation sites excluding steroid dienone is 6. The zero-order chi connectivity index (χ0) is 31.5. The van der Waals surface area contributed by atoms with Crippen LogP contribution in [0.1, 0.15) is 50.1 Å². The van der Waals surface area contributed by atoms with E-state index in [1.807, 2.05) is 0 Å². The number of hydrogen-bond acceptors (Lipinski definition) is 1. The van der Waals surface area contributed by atoms with Crippen LogP contribution in [0.3, 0.4) is 0 Å². The smallest absolute Gasteiger partial charge is 0.141 e. The summed E-state index contributed by atoms with van der Waals surface area (Å²) in [5, 5.41) is 5.30. The molecule has 2 heteroatoms. The zero-order valence-electron chi connectivity index (χ0n) is 27.0. The highest BCUT2D eigenvalue weighted by molar-refractivity contribution is 5.92. The van der Waals surface area contributed by atoms with Crippen molar-refractivity contribution in [3.63, 3.8) is 0 Å². The van der Waals surface area contributed by atoms with Gasteiger partial charge in [0.1, 0.15) is 5.82 Å². The normalized spacial score (nSPS) is 20.6. The van der Waals surface area contributed by atoms with Crippen molar-refractivity contribution in [3.05, 3.63) is 173 Å². The van der Waals surface area contributed by atoms with E-state index in [-0.39, 0.29) is 0 Å². The lowest BCUT2D eigenvalue weighted by Gasteiger charge is -2.35. The Labute approximate surface area is 276 Å². The van der Waals surface area contributed by atoms with Crippen LogP contribution in [0.4, 0.5) is 0 Å². The third-order valence-corrected chi connectivity index (χ3v) is 10.5.